The molecule has 0 N–H and O–H groups in total. The Bertz CT molecular complexity index is 909. The lowest BCUT2D eigenvalue weighted by molar-refractivity contribution is 0.0705. The first-order valence-corrected chi connectivity index (χ1v) is 8.28. The summed E-state index contributed by atoms with van der Waals surface area (Å²) in [5.41, 5.74) is 2.11. The predicted molar refractivity (Wildman–Crippen MR) is 89.4 cm³/mol. The molecule has 2 aromatic heterocycles. The molecule has 1 aromatic carbocycles. The zero-order chi connectivity index (χ0) is 17.4. The fourth-order valence-electron chi connectivity index (χ4n) is 3.51. The van der Waals surface area contributed by atoms with Crippen molar-refractivity contribution in [3.8, 4) is 0 Å². The average Bonchev–Trinajstić information content (AvgIpc) is 3.09. The Hall–Kier alpha value is -2.76. The summed E-state index contributed by atoms with van der Waals surface area (Å²) in [6, 6.07) is 9.18. The highest BCUT2D eigenvalue weighted by molar-refractivity contribution is 5.93. The van der Waals surface area contributed by atoms with Gasteiger partial charge in [-0.3, -0.25) is 9.20 Å². The van der Waals surface area contributed by atoms with Crippen LogP contribution in [-0.4, -0.2) is 33.3 Å². The number of rotatable bonds is 2. The fraction of sp³-hybridized carbons (Fsp3) is 0.263. The molecule has 0 saturated carbocycles. The third-order valence-corrected chi connectivity index (χ3v) is 4.81. The first kappa shape index (κ1) is 15.7. The van der Waals surface area contributed by atoms with Gasteiger partial charge in [-0.25, -0.2) is 13.8 Å². The zero-order valence-corrected chi connectivity index (χ0v) is 13.5. The molecule has 0 radical (unpaired) electrons. The molecular weight excluding hydrogens is 324 g/mol. The van der Waals surface area contributed by atoms with E-state index in [9.17, 15) is 13.6 Å². The SMILES string of the molecule is O=C(c1cccc2cncn12)N1CCC(c2cc(F)cc(F)c2)CC1. The summed E-state index contributed by atoms with van der Waals surface area (Å²) in [6.45, 7) is 1.12. The predicted octanol–water partition coefficient (Wildman–Crippen LogP) is 3.63. The zero-order valence-electron chi connectivity index (χ0n) is 13.5. The molecular formula is C19H17F2N3O. The molecule has 1 amide bonds. The summed E-state index contributed by atoms with van der Waals surface area (Å²) in [5, 5.41) is 0. The maximum absolute atomic E-state index is 13.4. The van der Waals surface area contributed by atoms with Crippen molar-refractivity contribution in [3.05, 3.63) is 71.8 Å². The third-order valence-electron chi connectivity index (χ3n) is 4.81. The number of nitrogens with zero attached hydrogens (tertiary/aromatic N) is 3. The second kappa shape index (κ2) is 6.27. The molecule has 128 valence electrons. The Labute approximate surface area is 143 Å². The van der Waals surface area contributed by atoms with Crippen LogP contribution in [0, 0.1) is 11.6 Å². The first-order valence-electron chi connectivity index (χ1n) is 8.28. The van der Waals surface area contributed by atoms with Crippen molar-refractivity contribution in [1.29, 1.82) is 0 Å². The smallest absolute Gasteiger partial charge is 0.270 e. The topological polar surface area (TPSA) is 37.6 Å². The van der Waals surface area contributed by atoms with Crippen molar-refractivity contribution in [3.63, 3.8) is 0 Å². The largest absolute Gasteiger partial charge is 0.337 e. The minimum absolute atomic E-state index is 0.0486. The highest BCUT2D eigenvalue weighted by Gasteiger charge is 2.26. The lowest BCUT2D eigenvalue weighted by Gasteiger charge is -2.32. The Balaban J connectivity index is 1.50. The lowest BCUT2D eigenvalue weighted by Crippen LogP contribution is -2.38. The van der Waals surface area contributed by atoms with Gasteiger partial charge < -0.3 is 4.90 Å². The summed E-state index contributed by atoms with van der Waals surface area (Å²) in [4.78, 5) is 18.7. The quantitative estimate of drug-likeness (QED) is 0.714. The van der Waals surface area contributed by atoms with Crippen LogP contribution < -0.4 is 0 Å². The number of hydrogen-bond donors (Lipinski definition) is 0. The number of piperidine rings is 1. The number of likely N-dealkylation sites (tertiary alicyclic amines) is 1. The number of carbonyl (C=O) groups is 1. The van der Waals surface area contributed by atoms with E-state index in [1.54, 1.807) is 27.9 Å². The van der Waals surface area contributed by atoms with E-state index in [1.807, 2.05) is 12.1 Å². The molecule has 1 fully saturated rings. The number of aromatic nitrogens is 2. The number of amides is 1. The highest BCUT2D eigenvalue weighted by Crippen LogP contribution is 2.29. The molecule has 1 aliphatic rings. The molecule has 0 spiro atoms. The molecule has 0 bridgehead atoms. The molecule has 25 heavy (non-hydrogen) atoms. The monoisotopic (exact) mass is 341 g/mol. The van der Waals surface area contributed by atoms with Gasteiger partial charge >= 0.3 is 0 Å². The third kappa shape index (κ3) is 2.99. The van der Waals surface area contributed by atoms with Crippen molar-refractivity contribution in [2.75, 3.05) is 13.1 Å². The van der Waals surface area contributed by atoms with Crippen molar-refractivity contribution in [1.82, 2.24) is 14.3 Å². The second-order valence-corrected chi connectivity index (χ2v) is 6.37. The second-order valence-electron chi connectivity index (χ2n) is 6.37. The van der Waals surface area contributed by atoms with Gasteiger partial charge in [0, 0.05) is 19.2 Å². The van der Waals surface area contributed by atoms with Crippen LogP contribution in [0.4, 0.5) is 8.78 Å². The normalized spacial score (nSPS) is 15.7. The molecule has 4 nitrogen and oxygen atoms in total. The van der Waals surface area contributed by atoms with Crippen LogP contribution in [0.1, 0.15) is 34.8 Å². The van der Waals surface area contributed by atoms with Gasteiger partial charge in [-0.05, 0) is 48.6 Å². The van der Waals surface area contributed by atoms with Crippen LogP contribution in [0.5, 0.6) is 0 Å². The van der Waals surface area contributed by atoms with E-state index in [1.165, 1.54) is 12.1 Å². The number of imidazole rings is 1. The van der Waals surface area contributed by atoms with Gasteiger partial charge in [-0.15, -0.1) is 0 Å². The van der Waals surface area contributed by atoms with Gasteiger partial charge in [0.15, 0.2) is 0 Å². The first-order chi connectivity index (χ1) is 12.1. The van der Waals surface area contributed by atoms with E-state index in [0.717, 1.165) is 11.6 Å². The Kier molecular flexibility index (Phi) is 3.95. The van der Waals surface area contributed by atoms with Gasteiger partial charge in [-0.1, -0.05) is 6.07 Å². The van der Waals surface area contributed by atoms with Gasteiger partial charge in [0.2, 0.25) is 0 Å². The van der Waals surface area contributed by atoms with E-state index in [0.29, 0.717) is 37.2 Å². The highest BCUT2D eigenvalue weighted by atomic mass is 19.1. The fourth-order valence-corrected chi connectivity index (χ4v) is 3.51. The number of benzene rings is 1. The Morgan fingerprint density at radius 2 is 1.80 bits per heavy atom. The van der Waals surface area contributed by atoms with Crippen LogP contribution in [0.2, 0.25) is 0 Å². The molecule has 1 saturated heterocycles. The number of pyridine rings is 1. The van der Waals surface area contributed by atoms with Gasteiger partial charge in [-0.2, -0.15) is 0 Å². The number of hydrogen-bond acceptors (Lipinski definition) is 2. The van der Waals surface area contributed by atoms with Crippen molar-refractivity contribution in [2.24, 2.45) is 0 Å². The Morgan fingerprint density at radius 3 is 2.52 bits per heavy atom. The minimum Gasteiger partial charge on any atom is -0.337 e. The summed E-state index contributed by atoms with van der Waals surface area (Å²) in [7, 11) is 0. The van der Waals surface area contributed by atoms with Crippen LogP contribution in [-0.2, 0) is 0 Å². The molecule has 0 aliphatic carbocycles. The molecule has 4 rings (SSSR count). The molecule has 6 heteroatoms. The summed E-state index contributed by atoms with van der Waals surface area (Å²) >= 11 is 0. The molecule has 0 atom stereocenters. The van der Waals surface area contributed by atoms with Gasteiger partial charge in [0.05, 0.1) is 18.0 Å². The van der Waals surface area contributed by atoms with E-state index < -0.39 is 11.6 Å². The molecule has 0 unspecified atom stereocenters. The van der Waals surface area contributed by atoms with E-state index >= 15 is 0 Å². The van der Waals surface area contributed by atoms with Crippen molar-refractivity contribution < 1.29 is 13.6 Å². The Morgan fingerprint density at radius 1 is 1.08 bits per heavy atom. The number of fused-ring (bicyclic) bond motifs is 1. The van der Waals surface area contributed by atoms with Crippen LogP contribution >= 0.6 is 0 Å². The summed E-state index contributed by atoms with van der Waals surface area (Å²) < 4.78 is 28.6. The van der Waals surface area contributed by atoms with Crippen LogP contribution in [0.3, 0.4) is 0 Å². The van der Waals surface area contributed by atoms with E-state index in [2.05, 4.69) is 4.98 Å². The number of halogens is 2. The van der Waals surface area contributed by atoms with Crippen molar-refractivity contribution in [2.45, 2.75) is 18.8 Å². The summed E-state index contributed by atoms with van der Waals surface area (Å²) in [5.74, 6) is -1.09. The van der Waals surface area contributed by atoms with Crippen LogP contribution in [0.25, 0.3) is 5.52 Å². The standard InChI is InChI=1S/C19H17F2N3O/c20-15-8-14(9-16(21)10-15)13-4-6-23(7-5-13)19(25)18-3-1-2-17-11-22-12-24(17)18/h1-3,8-13H,4-7H2. The van der Waals surface area contributed by atoms with Gasteiger partial charge in [0.25, 0.3) is 5.91 Å². The maximum Gasteiger partial charge on any atom is 0.270 e. The number of carbonyl (C=O) groups excluding carboxylic acids is 1. The maximum atomic E-state index is 13.4. The molecule has 3 heterocycles. The summed E-state index contributed by atoms with van der Waals surface area (Å²) in [6.07, 6.45) is 4.72. The van der Waals surface area contributed by atoms with E-state index in [-0.39, 0.29) is 11.8 Å². The lowest BCUT2D eigenvalue weighted by atomic mass is 9.89. The van der Waals surface area contributed by atoms with E-state index in [4.69, 9.17) is 0 Å². The molecule has 3 aromatic rings. The minimum atomic E-state index is -0.555. The molecule has 1 aliphatic heterocycles. The van der Waals surface area contributed by atoms with Crippen LogP contribution in [0.15, 0.2) is 48.9 Å². The average molecular weight is 341 g/mol. The van der Waals surface area contributed by atoms with Gasteiger partial charge in [0.1, 0.15) is 17.3 Å². The van der Waals surface area contributed by atoms with Crippen molar-refractivity contribution >= 4 is 11.4 Å².